The molecule has 1 aromatic carbocycles. The average molecular weight is 431 g/mol. The minimum Gasteiger partial charge on any atom is -0.354 e. The number of aromatic nitrogens is 4. The number of hydrogen-bond acceptors (Lipinski definition) is 5. The Morgan fingerprint density at radius 3 is 2.78 bits per heavy atom. The van der Waals surface area contributed by atoms with E-state index in [0.717, 1.165) is 74.7 Å². The topological polar surface area (TPSA) is 67.2 Å². The van der Waals surface area contributed by atoms with Gasteiger partial charge >= 0.3 is 0 Å². The molecular formula is C25H30N6O. The molecule has 3 aliphatic heterocycles. The first-order valence-electron chi connectivity index (χ1n) is 12.1. The number of imidazole rings is 1. The summed E-state index contributed by atoms with van der Waals surface area (Å²) in [5, 5.41) is 0. The number of carbonyl (C=O) groups excluding carboxylic acids is 1. The van der Waals surface area contributed by atoms with E-state index >= 15 is 0 Å². The summed E-state index contributed by atoms with van der Waals surface area (Å²) in [4.78, 5) is 32.0. The first kappa shape index (κ1) is 19.7. The Bertz CT molecular complexity index is 1150. The molecule has 7 heteroatoms. The number of aryl methyl sites for hydroxylation is 2. The van der Waals surface area contributed by atoms with Gasteiger partial charge in [-0.2, -0.15) is 0 Å². The molecule has 0 unspecified atom stereocenters. The van der Waals surface area contributed by atoms with Crippen molar-refractivity contribution in [1.82, 2.24) is 24.4 Å². The molecule has 0 radical (unpaired) electrons. The van der Waals surface area contributed by atoms with Crippen LogP contribution in [0, 0.1) is 5.92 Å². The summed E-state index contributed by atoms with van der Waals surface area (Å²) in [7, 11) is 0. The highest BCUT2D eigenvalue weighted by Gasteiger charge is 2.32. The number of anilines is 1. The van der Waals surface area contributed by atoms with E-state index in [1.807, 2.05) is 0 Å². The van der Waals surface area contributed by atoms with Gasteiger partial charge in [-0.15, -0.1) is 0 Å². The predicted octanol–water partition coefficient (Wildman–Crippen LogP) is 3.35. The predicted molar refractivity (Wildman–Crippen MR) is 123 cm³/mol. The van der Waals surface area contributed by atoms with Gasteiger partial charge < -0.3 is 14.4 Å². The molecule has 1 amide bonds. The van der Waals surface area contributed by atoms with Crippen LogP contribution in [0.5, 0.6) is 0 Å². The number of carbonyl (C=O) groups is 1. The number of nitrogens with zero attached hydrogens (tertiary/aromatic N) is 6. The Balaban J connectivity index is 1.24. The van der Waals surface area contributed by atoms with Crippen LogP contribution in [-0.2, 0) is 30.7 Å². The van der Waals surface area contributed by atoms with Crippen molar-refractivity contribution in [2.24, 2.45) is 5.92 Å². The highest BCUT2D eigenvalue weighted by atomic mass is 16.2. The Morgan fingerprint density at radius 1 is 0.938 bits per heavy atom. The summed E-state index contributed by atoms with van der Waals surface area (Å²) in [6.45, 7) is 4.17. The third kappa shape index (κ3) is 3.44. The fraction of sp³-hybridized carbons (Fsp3) is 0.520. The van der Waals surface area contributed by atoms with Crippen molar-refractivity contribution >= 4 is 22.9 Å². The smallest absolute Gasteiger partial charge is 0.227 e. The molecule has 5 heterocycles. The van der Waals surface area contributed by atoms with Gasteiger partial charge in [0, 0.05) is 39.1 Å². The molecule has 0 spiro atoms. The lowest BCUT2D eigenvalue weighted by Gasteiger charge is -2.37. The molecular weight excluding hydrogens is 400 g/mol. The molecule has 3 aliphatic rings. The van der Waals surface area contributed by atoms with Crippen LogP contribution in [0.15, 0.2) is 30.6 Å². The number of amides is 1. The molecule has 1 fully saturated rings. The number of rotatable bonds is 2. The first-order valence-corrected chi connectivity index (χ1v) is 12.1. The Labute approximate surface area is 188 Å². The quantitative estimate of drug-likeness (QED) is 0.624. The van der Waals surface area contributed by atoms with Gasteiger partial charge in [-0.25, -0.2) is 15.0 Å². The maximum absolute atomic E-state index is 13.4. The van der Waals surface area contributed by atoms with Crippen molar-refractivity contribution < 1.29 is 4.79 Å². The third-order valence-corrected chi connectivity index (χ3v) is 7.39. The normalized spacial score (nSPS) is 21.2. The molecule has 1 saturated heterocycles. The Morgan fingerprint density at radius 2 is 1.84 bits per heavy atom. The van der Waals surface area contributed by atoms with Gasteiger partial charge in [0.1, 0.15) is 12.2 Å². The maximum atomic E-state index is 13.4. The number of benzene rings is 1. The van der Waals surface area contributed by atoms with Gasteiger partial charge in [-0.05, 0) is 43.2 Å². The van der Waals surface area contributed by atoms with E-state index in [1.54, 1.807) is 6.33 Å². The Kier molecular flexibility index (Phi) is 5.04. The molecule has 32 heavy (non-hydrogen) atoms. The Hall–Kier alpha value is -2.96. The third-order valence-electron chi connectivity index (χ3n) is 7.39. The van der Waals surface area contributed by atoms with Crippen molar-refractivity contribution in [3.63, 3.8) is 0 Å². The van der Waals surface area contributed by atoms with Crippen LogP contribution in [0.25, 0.3) is 11.2 Å². The van der Waals surface area contributed by atoms with Gasteiger partial charge in [-0.3, -0.25) is 4.79 Å². The lowest BCUT2D eigenvalue weighted by atomic mass is 9.94. The van der Waals surface area contributed by atoms with E-state index in [0.29, 0.717) is 6.54 Å². The van der Waals surface area contributed by atoms with Gasteiger partial charge in [0.25, 0.3) is 0 Å². The second-order valence-corrected chi connectivity index (χ2v) is 9.42. The zero-order valence-corrected chi connectivity index (χ0v) is 18.5. The zero-order chi connectivity index (χ0) is 21.5. The van der Waals surface area contributed by atoms with E-state index < -0.39 is 0 Å². The van der Waals surface area contributed by atoms with E-state index in [9.17, 15) is 4.79 Å². The van der Waals surface area contributed by atoms with Crippen LogP contribution in [0.1, 0.15) is 49.1 Å². The lowest BCUT2D eigenvalue weighted by Crippen LogP contribution is -2.46. The molecule has 0 N–H and O–H groups in total. The van der Waals surface area contributed by atoms with Gasteiger partial charge in [0.15, 0.2) is 17.0 Å². The van der Waals surface area contributed by atoms with Crippen LogP contribution < -0.4 is 4.90 Å². The summed E-state index contributed by atoms with van der Waals surface area (Å²) in [5.74, 6) is 2.34. The van der Waals surface area contributed by atoms with E-state index in [4.69, 9.17) is 4.98 Å². The molecule has 7 nitrogen and oxygen atoms in total. The van der Waals surface area contributed by atoms with Crippen molar-refractivity contribution in [2.75, 3.05) is 24.5 Å². The molecule has 3 aromatic rings. The average Bonchev–Trinajstić information content (AvgIpc) is 3.04. The minimum atomic E-state index is 0.0134. The van der Waals surface area contributed by atoms with Crippen LogP contribution >= 0.6 is 0 Å². The standard InChI is InChI=1S/C25H30N6O/c32-25(30-14-11-18-7-3-4-8-19(18)15-30)20-9-6-12-29(16-20)23-22-24(27-17-26-23)31-13-5-1-2-10-21(31)28-22/h3-4,7-8,17,20H,1-2,5-6,9-16H2/t20-/m0/s1. The molecule has 6 rings (SSSR count). The fourth-order valence-electron chi connectivity index (χ4n) is 5.67. The number of fused-ring (bicyclic) bond motifs is 4. The van der Waals surface area contributed by atoms with E-state index in [-0.39, 0.29) is 11.8 Å². The van der Waals surface area contributed by atoms with Gasteiger partial charge in [0.2, 0.25) is 5.91 Å². The van der Waals surface area contributed by atoms with Crippen LogP contribution in [0.3, 0.4) is 0 Å². The molecule has 2 aromatic heterocycles. The van der Waals surface area contributed by atoms with Gasteiger partial charge in [-0.1, -0.05) is 30.7 Å². The highest BCUT2D eigenvalue weighted by Crippen LogP contribution is 2.30. The van der Waals surface area contributed by atoms with E-state index in [2.05, 4.69) is 48.6 Å². The van der Waals surface area contributed by atoms with Crippen molar-refractivity contribution in [1.29, 1.82) is 0 Å². The molecule has 1 atom stereocenters. The summed E-state index contributed by atoms with van der Waals surface area (Å²) < 4.78 is 2.28. The largest absolute Gasteiger partial charge is 0.354 e. The number of hydrogen-bond donors (Lipinski definition) is 0. The van der Waals surface area contributed by atoms with Crippen molar-refractivity contribution in [2.45, 2.75) is 58.0 Å². The second-order valence-electron chi connectivity index (χ2n) is 9.42. The van der Waals surface area contributed by atoms with Gasteiger partial charge in [0.05, 0.1) is 5.92 Å². The lowest BCUT2D eigenvalue weighted by molar-refractivity contribution is -0.136. The summed E-state index contributed by atoms with van der Waals surface area (Å²) in [6, 6.07) is 8.50. The summed E-state index contributed by atoms with van der Waals surface area (Å²) in [5.41, 5.74) is 4.53. The van der Waals surface area contributed by atoms with Crippen LogP contribution in [0.4, 0.5) is 5.82 Å². The van der Waals surface area contributed by atoms with Crippen LogP contribution in [0.2, 0.25) is 0 Å². The summed E-state index contributed by atoms with van der Waals surface area (Å²) in [6.07, 6.45) is 9.19. The molecule has 0 bridgehead atoms. The molecule has 0 aliphatic carbocycles. The first-order chi connectivity index (χ1) is 15.8. The van der Waals surface area contributed by atoms with E-state index in [1.165, 1.54) is 30.4 Å². The zero-order valence-electron chi connectivity index (χ0n) is 18.5. The van der Waals surface area contributed by atoms with Crippen molar-refractivity contribution in [3.8, 4) is 0 Å². The fourth-order valence-corrected chi connectivity index (χ4v) is 5.67. The SMILES string of the molecule is O=C([C@H]1CCCN(c2ncnc3c2nc2n3CCCCC2)C1)N1CCc2ccccc2C1. The van der Waals surface area contributed by atoms with Crippen LogP contribution in [-0.4, -0.2) is 50.0 Å². The summed E-state index contributed by atoms with van der Waals surface area (Å²) >= 11 is 0. The highest BCUT2D eigenvalue weighted by molar-refractivity contribution is 5.85. The molecule has 0 saturated carbocycles. The molecule has 166 valence electrons. The maximum Gasteiger partial charge on any atom is 0.227 e. The minimum absolute atomic E-state index is 0.0134. The number of piperidine rings is 1. The second kappa shape index (κ2) is 8.19. The van der Waals surface area contributed by atoms with Crippen molar-refractivity contribution in [3.05, 3.63) is 47.5 Å². The monoisotopic (exact) mass is 430 g/mol.